The summed E-state index contributed by atoms with van der Waals surface area (Å²) in [5.74, 6) is -8.63. The smallest absolute Gasteiger partial charge is 0.475 e. The normalized spacial score (nSPS) is 18.6. The maximum Gasteiger partial charge on any atom is 0.490 e. The van der Waals surface area contributed by atoms with Crippen molar-refractivity contribution in [2.24, 2.45) is 0 Å². The van der Waals surface area contributed by atoms with E-state index in [1.165, 1.54) is 18.1 Å². The number of carboxylic acid groups (broad SMARTS) is 3. The minimum atomic E-state index is -5.08. The molecule has 3 aliphatic rings. The Bertz CT molecular complexity index is 1930. The van der Waals surface area contributed by atoms with E-state index in [0.29, 0.717) is 29.8 Å². The number of nitrogens with zero attached hydrogens (tertiary/aromatic N) is 3. The first kappa shape index (κ1) is 50.0. The van der Waals surface area contributed by atoms with Gasteiger partial charge in [0, 0.05) is 69.0 Å². The number of benzene rings is 3. The average molecular weight is 885 g/mol. The molecular weight excluding hydrogens is 840 g/mol. The van der Waals surface area contributed by atoms with Gasteiger partial charge in [0.2, 0.25) is 0 Å². The summed E-state index contributed by atoms with van der Waals surface area (Å²) in [5, 5.41) is 28.0. The summed E-state index contributed by atoms with van der Waals surface area (Å²) in [6, 6.07) is 22.5. The molecular formula is C39H44F10N5O7+. The molecule has 6 rings (SSSR count). The van der Waals surface area contributed by atoms with Crippen LogP contribution >= 0.6 is 0 Å². The highest BCUT2D eigenvalue weighted by molar-refractivity contribution is 5.94. The van der Waals surface area contributed by atoms with Crippen molar-refractivity contribution in [3.8, 4) is 11.1 Å². The Morgan fingerprint density at radius 2 is 1.26 bits per heavy atom. The third-order valence-corrected chi connectivity index (χ3v) is 9.64. The molecule has 0 aliphatic carbocycles. The monoisotopic (exact) mass is 884 g/mol. The van der Waals surface area contributed by atoms with Gasteiger partial charge in [-0.1, -0.05) is 36.4 Å². The van der Waals surface area contributed by atoms with E-state index in [0.717, 1.165) is 73.5 Å². The van der Waals surface area contributed by atoms with Crippen molar-refractivity contribution >= 4 is 23.8 Å². The zero-order chi connectivity index (χ0) is 45.9. The summed E-state index contributed by atoms with van der Waals surface area (Å²) >= 11 is 0. The molecule has 5 N–H and O–H groups in total. The first-order valence-corrected chi connectivity index (χ1v) is 18.3. The Morgan fingerprint density at radius 3 is 1.75 bits per heavy atom. The number of piperazine rings is 2. The van der Waals surface area contributed by atoms with E-state index in [-0.39, 0.29) is 11.7 Å². The lowest BCUT2D eigenvalue weighted by Gasteiger charge is -2.39. The molecule has 3 heterocycles. The van der Waals surface area contributed by atoms with Crippen LogP contribution in [-0.2, 0) is 34.0 Å². The van der Waals surface area contributed by atoms with Crippen molar-refractivity contribution < 1.29 is 82.9 Å². The molecule has 2 atom stereocenters. The summed E-state index contributed by atoms with van der Waals surface area (Å²) < 4.78 is 111. The fraction of sp³-hybridized carbons (Fsp3) is 0.436. The third-order valence-electron chi connectivity index (χ3n) is 9.64. The Hall–Kier alpha value is -5.32. The topological polar surface area (TPSA) is 160 Å². The fourth-order valence-corrected chi connectivity index (χ4v) is 6.38. The van der Waals surface area contributed by atoms with Gasteiger partial charge in [0.05, 0.1) is 27.2 Å². The van der Waals surface area contributed by atoms with Gasteiger partial charge >= 0.3 is 36.4 Å². The zero-order valence-corrected chi connectivity index (χ0v) is 32.7. The minimum Gasteiger partial charge on any atom is -0.475 e. The zero-order valence-electron chi connectivity index (χ0n) is 32.7. The summed E-state index contributed by atoms with van der Waals surface area (Å²) in [7, 11) is 4.56. The lowest BCUT2D eigenvalue weighted by Crippen LogP contribution is -2.54. The second kappa shape index (κ2) is 21.0. The molecule has 3 aromatic carbocycles. The second-order valence-corrected chi connectivity index (χ2v) is 14.9. The molecule has 2 bridgehead atoms. The molecule has 0 saturated carbocycles. The number of rotatable bonds is 8. The van der Waals surface area contributed by atoms with Crippen LogP contribution in [0.4, 0.5) is 43.9 Å². The van der Waals surface area contributed by atoms with Gasteiger partial charge in [-0.3, -0.25) is 14.6 Å². The number of likely N-dealkylation sites (tertiary alicyclic amines) is 1. The third kappa shape index (κ3) is 16.6. The van der Waals surface area contributed by atoms with Crippen LogP contribution in [0.3, 0.4) is 0 Å². The number of amides is 1. The number of carbonyl (C=O) groups is 4. The van der Waals surface area contributed by atoms with Crippen molar-refractivity contribution in [3.05, 3.63) is 94.8 Å². The Balaban J connectivity index is 0.000000390. The van der Waals surface area contributed by atoms with Crippen LogP contribution in [-0.4, -0.2) is 137 Å². The van der Waals surface area contributed by atoms with Crippen LogP contribution < -0.4 is 10.6 Å². The number of fused-ring (bicyclic) bond motifs is 2. The number of halogens is 10. The van der Waals surface area contributed by atoms with E-state index in [2.05, 4.69) is 52.7 Å². The van der Waals surface area contributed by atoms with Crippen molar-refractivity contribution in [1.82, 2.24) is 20.4 Å². The van der Waals surface area contributed by atoms with Gasteiger partial charge < -0.3 is 30.4 Å². The van der Waals surface area contributed by atoms with Crippen LogP contribution in [0.25, 0.3) is 11.1 Å². The molecule has 3 fully saturated rings. The van der Waals surface area contributed by atoms with Gasteiger partial charge in [-0.15, -0.1) is 0 Å². The Labute approximate surface area is 342 Å². The van der Waals surface area contributed by atoms with Gasteiger partial charge in [0.1, 0.15) is 5.82 Å². The number of hydrogen-bond donors (Lipinski definition) is 5. The molecule has 61 heavy (non-hydrogen) atoms. The molecule has 12 nitrogen and oxygen atoms in total. The maximum atomic E-state index is 14.9. The van der Waals surface area contributed by atoms with E-state index in [1.54, 1.807) is 6.07 Å². The molecule has 3 aliphatic heterocycles. The first-order valence-electron chi connectivity index (χ1n) is 18.3. The first-order chi connectivity index (χ1) is 28.1. The fourth-order valence-electron chi connectivity index (χ4n) is 6.38. The molecule has 3 saturated heterocycles. The molecule has 3 aromatic rings. The summed E-state index contributed by atoms with van der Waals surface area (Å²) in [6.07, 6.45) is -14.0. The second-order valence-electron chi connectivity index (χ2n) is 14.9. The van der Waals surface area contributed by atoms with Crippen LogP contribution in [0.1, 0.15) is 33.5 Å². The van der Waals surface area contributed by atoms with Gasteiger partial charge in [-0.2, -0.15) is 39.5 Å². The summed E-state index contributed by atoms with van der Waals surface area (Å²) in [5.41, 5.74) is 5.34. The van der Waals surface area contributed by atoms with Crippen molar-refractivity contribution in [1.29, 1.82) is 0 Å². The standard InChI is InChI=1S/C33H40FN5O.3C2HF3O2/c1-39(2)13-11-37(12-14-39)21-25-5-4-8-28(16-25)33(40)36-19-24-9-10-32(34)31(17-24)27-7-3-6-26(15-27)22-38-23-29-18-30(38)20-35-29;3*3-2(4,5)1(6)7/h3-10,15-17,29-30,35H,11-14,18-23H2,1-2H3;3*(H,6,7)/p+1. The van der Waals surface area contributed by atoms with Gasteiger partial charge in [-0.05, 0) is 59.0 Å². The van der Waals surface area contributed by atoms with E-state index >= 15 is 0 Å². The lowest BCUT2D eigenvalue weighted by atomic mass is 10.00. The predicted molar refractivity (Wildman–Crippen MR) is 198 cm³/mol. The number of carbonyl (C=O) groups excluding carboxylic acids is 1. The lowest BCUT2D eigenvalue weighted by molar-refractivity contribution is -0.894. The molecule has 2 unspecified atom stereocenters. The predicted octanol–water partition coefficient (Wildman–Crippen LogP) is 5.76. The number of aliphatic carboxylic acids is 3. The van der Waals surface area contributed by atoms with E-state index in [1.807, 2.05) is 36.4 Å². The number of likely N-dealkylation sites (N-methyl/N-ethyl adjacent to an activating group) is 1. The molecule has 0 aromatic heterocycles. The number of hydrogen-bond acceptors (Lipinski definition) is 7. The number of carboxylic acids is 3. The average Bonchev–Trinajstić information content (AvgIpc) is 3.79. The highest BCUT2D eigenvalue weighted by atomic mass is 19.4. The van der Waals surface area contributed by atoms with Gasteiger partial charge in [0.25, 0.3) is 5.91 Å². The Kier molecular flexibility index (Phi) is 17.2. The van der Waals surface area contributed by atoms with Crippen LogP contribution in [0, 0.1) is 5.82 Å². The van der Waals surface area contributed by atoms with Gasteiger partial charge in [0.15, 0.2) is 0 Å². The van der Waals surface area contributed by atoms with Crippen LogP contribution in [0.2, 0.25) is 0 Å². The molecule has 0 spiro atoms. The van der Waals surface area contributed by atoms with E-state index in [4.69, 9.17) is 29.7 Å². The summed E-state index contributed by atoms with van der Waals surface area (Å²) in [6.45, 7) is 8.65. The van der Waals surface area contributed by atoms with E-state index in [9.17, 15) is 48.7 Å². The molecule has 0 radical (unpaired) electrons. The molecule has 336 valence electrons. The largest absolute Gasteiger partial charge is 0.490 e. The molecule has 1 amide bonds. The minimum absolute atomic E-state index is 0.111. The summed E-state index contributed by atoms with van der Waals surface area (Å²) in [4.78, 5) is 44.7. The van der Waals surface area contributed by atoms with Crippen LogP contribution in [0.5, 0.6) is 0 Å². The highest BCUT2D eigenvalue weighted by Crippen LogP contribution is 2.29. The number of alkyl halides is 9. The quantitative estimate of drug-likeness (QED) is 0.139. The maximum absolute atomic E-state index is 14.9. The van der Waals surface area contributed by atoms with Gasteiger partial charge in [-0.25, -0.2) is 18.8 Å². The molecule has 22 heteroatoms. The number of quaternary nitrogens is 1. The van der Waals surface area contributed by atoms with Crippen molar-refractivity contribution in [3.63, 3.8) is 0 Å². The van der Waals surface area contributed by atoms with Crippen molar-refractivity contribution in [2.75, 3.05) is 53.4 Å². The van der Waals surface area contributed by atoms with E-state index < -0.39 is 36.4 Å². The highest BCUT2D eigenvalue weighted by Gasteiger charge is 2.40. The Morgan fingerprint density at radius 1 is 0.738 bits per heavy atom. The number of nitrogens with one attached hydrogen (secondary N) is 2. The van der Waals surface area contributed by atoms with Crippen LogP contribution in [0.15, 0.2) is 66.7 Å². The SMILES string of the molecule is C[N+]1(C)CCN(Cc2cccc(C(=O)NCc3ccc(F)c(-c4cccc(CN5CC6CC5CN6)c4)c3)c2)CC1.O=C(O)C(F)(F)F.O=C(O)C(F)(F)F.O=C(O)C(F)(F)F. The van der Waals surface area contributed by atoms with Crippen molar-refractivity contribution in [2.45, 2.75) is 56.7 Å².